The van der Waals surface area contributed by atoms with Crippen LogP contribution in [0.25, 0.3) is 0 Å². The van der Waals surface area contributed by atoms with Gasteiger partial charge in [-0.05, 0) is 18.6 Å². The maximum absolute atomic E-state index is 11.3. The lowest BCUT2D eigenvalue weighted by atomic mass is 10.2. The molecule has 86 valence electrons. The summed E-state index contributed by atoms with van der Waals surface area (Å²) in [4.78, 5) is 22.1. The number of methoxy groups -OCH3 is 1. The molecule has 0 aliphatic heterocycles. The Morgan fingerprint density at radius 1 is 1.50 bits per heavy atom. The Morgan fingerprint density at radius 2 is 2.19 bits per heavy atom. The van der Waals surface area contributed by atoms with Gasteiger partial charge in [-0.1, -0.05) is 0 Å². The Morgan fingerprint density at radius 3 is 2.69 bits per heavy atom. The highest BCUT2D eigenvalue weighted by Crippen LogP contribution is 2.47. The van der Waals surface area contributed by atoms with E-state index in [1.165, 1.54) is 7.11 Å². The van der Waals surface area contributed by atoms with Crippen LogP contribution in [0.1, 0.15) is 28.5 Å². The molecule has 0 saturated heterocycles. The predicted molar refractivity (Wildman–Crippen MR) is 55.2 cm³/mol. The zero-order valence-corrected chi connectivity index (χ0v) is 9.14. The summed E-state index contributed by atoms with van der Waals surface area (Å²) in [7, 11) is 3.07. The normalized spacial score (nSPS) is 22.9. The van der Waals surface area contributed by atoms with Crippen LogP contribution in [0, 0.1) is 5.92 Å². The number of rotatable bonds is 3. The summed E-state index contributed by atoms with van der Waals surface area (Å²) in [6, 6.07) is 3.46. The summed E-state index contributed by atoms with van der Waals surface area (Å²) >= 11 is 0. The van der Waals surface area contributed by atoms with E-state index in [0.29, 0.717) is 12.1 Å². The fourth-order valence-corrected chi connectivity index (χ4v) is 2.00. The predicted octanol–water partition coefficient (Wildman–Crippen LogP) is 1.000. The molecule has 1 saturated carbocycles. The molecule has 1 heterocycles. The van der Waals surface area contributed by atoms with Crippen molar-refractivity contribution in [2.75, 3.05) is 7.11 Å². The van der Waals surface area contributed by atoms with Gasteiger partial charge in [-0.2, -0.15) is 0 Å². The van der Waals surface area contributed by atoms with Crippen molar-refractivity contribution in [1.82, 2.24) is 4.57 Å². The Kier molecular flexibility index (Phi) is 2.46. The Bertz CT molecular complexity index is 449. The van der Waals surface area contributed by atoms with E-state index >= 15 is 0 Å². The van der Waals surface area contributed by atoms with Crippen molar-refractivity contribution in [2.45, 2.75) is 12.3 Å². The van der Waals surface area contributed by atoms with Gasteiger partial charge in [-0.3, -0.25) is 4.79 Å². The molecule has 0 radical (unpaired) electrons. The zero-order chi connectivity index (χ0) is 11.9. The van der Waals surface area contributed by atoms with Gasteiger partial charge >= 0.3 is 11.9 Å². The number of hydrogen-bond acceptors (Lipinski definition) is 3. The largest absolute Gasteiger partial charge is 0.481 e. The van der Waals surface area contributed by atoms with Crippen molar-refractivity contribution in [2.24, 2.45) is 13.0 Å². The number of nitrogens with zero attached hydrogens (tertiary/aromatic N) is 1. The molecule has 0 amide bonds. The van der Waals surface area contributed by atoms with Gasteiger partial charge < -0.3 is 14.4 Å². The summed E-state index contributed by atoms with van der Waals surface area (Å²) in [5, 5.41) is 8.84. The van der Waals surface area contributed by atoms with Crippen LogP contribution in [0.4, 0.5) is 0 Å². The summed E-state index contributed by atoms with van der Waals surface area (Å²) < 4.78 is 6.34. The van der Waals surface area contributed by atoms with Gasteiger partial charge in [-0.15, -0.1) is 0 Å². The average molecular weight is 223 g/mol. The van der Waals surface area contributed by atoms with Gasteiger partial charge in [0.1, 0.15) is 5.69 Å². The van der Waals surface area contributed by atoms with Crippen molar-refractivity contribution in [3.05, 3.63) is 23.5 Å². The maximum Gasteiger partial charge on any atom is 0.354 e. The first kappa shape index (κ1) is 10.7. The van der Waals surface area contributed by atoms with E-state index in [1.807, 2.05) is 0 Å². The number of carbonyl (C=O) groups excluding carboxylic acids is 1. The van der Waals surface area contributed by atoms with Gasteiger partial charge in [0, 0.05) is 18.7 Å². The first-order chi connectivity index (χ1) is 7.56. The number of aliphatic carboxylic acids is 1. The lowest BCUT2D eigenvalue weighted by Gasteiger charge is -2.05. The Labute approximate surface area is 92.6 Å². The second-order valence-electron chi connectivity index (χ2n) is 3.98. The molecule has 2 rings (SSSR count). The number of hydrogen-bond donors (Lipinski definition) is 1. The summed E-state index contributed by atoms with van der Waals surface area (Å²) in [6.07, 6.45) is 0.647. The Balaban J connectivity index is 2.22. The van der Waals surface area contributed by atoms with Gasteiger partial charge in [0.15, 0.2) is 0 Å². The summed E-state index contributed by atoms with van der Waals surface area (Å²) in [6.45, 7) is 0. The number of carboxylic acids is 1. The number of aromatic nitrogens is 1. The number of carboxylic acid groups (broad SMARTS) is 1. The van der Waals surface area contributed by atoms with Crippen molar-refractivity contribution >= 4 is 11.9 Å². The van der Waals surface area contributed by atoms with Crippen LogP contribution >= 0.6 is 0 Å². The van der Waals surface area contributed by atoms with Gasteiger partial charge in [0.25, 0.3) is 0 Å². The van der Waals surface area contributed by atoms with E-state index in [0.717, 1.165) is 5.69 Å². The van der Waals surface area contributed by atoms with Crippen molar-refractivity contribution in [3.8, 4) is 0 Å². The molecule has 0 aromatic carbocycles. The zero-order valence-electron chi connectivity index (χ0n) is 9.14. The smallest absolute Gasteiger partial charge is 0.354 e. The standard InChI is InChI=1S/C11H13NO4/c1-12-8(6-5-7(6)10(13)14)3-4-9(12)11(15)16-2/h3-4,6-7H,5H2,1-2H3,(H,13,14). The molecule has 1 aliphatic carbocycles. The highest BCUT2D eigenvalue weighted by molar-refractivity contribution is 5.88. The maximum atomic E-state index is 11.3. The van der Waals surface area contributed by atoms with Crippen LogP contribution in [-0.2, 0) is 16.6 Å². The van der Waals surface area contributed by atoms with Gasteiger partial charge in [0.05, 0.1) is 13.0 Å². The molecule has 0 spiro atoms. The van der Waals surface area contributed by atoms with E-state index in [-0.39, 0.29) is 11.8 Å². The van der Waals surface area contributed by atoms with Crippen molar-refractivity contribution in [3.63, 3.8) is 0 Å². The quantitative estimate of drug-likeness (QED) is 0.776. The highest BCUT2D eigenvalue weighted by atomic mass is 16.5. The molecule has 1 fully saturated rings. The number of carbonyl (C=O) groups is 2. The van der Waals surface area contributed by atoms with E-state index in [2.05, 4.69) is 4.74 Å². The topological polar surface area (TPSA) is 68.5 Å². The average Bonchev–Trinajstić information content (AvgIpc) is 2.96. The third-order valence-corrected chi connectivity index (χ3v) is 3.04. The summed E-state index contributed by atoms with van der Waals surface area (Å²) in [5.41, 5.74) is 1.33. The SMILES string of the molecule is COC(=O)c1ccc(C2CC2C(=O)O)n1C. The third kappa shape index (κ3) is 1.58. The van der Waals surface area contributed by atoms with Crippen LogP contribution in [0.5, 0.6) is 0 Å². The first-order valence-corrected chi connectivity index (χ1v) is 5.03. The van der Waals surface area contributed by atoms with Crippen LogP contribution in [-0.4, -0.2) is 28.7 Å². The number of esters is 1. The van der Waals surface area contributed by atoms with Crippen LogP contribution in [0.3, 0.4) is 0 Å². The van der Waals surface area contributed by atoms with Gasteiger partial charge in [-0.25, -0.2) is 4.79 Å². The van der Waals surface area contributed by atoms with Gasteiger partial charge in [0.2, 0.25) is 0 Å². The molecule has 2 unspecified atom stereocenters. The number of ether oxygens (including phenoxy) is 1. The van der Waals surface area contributed by atoms with E-state index in [9.17, 15) is 9.59 Å². The Hall–Kier alpha value is -1.78. The fraction of sp³-hybridized carbons (Fsp3) is 0.455. The second kappa shape index (κ2) is 3.66. The molecule has 5 nitrogen and oxygen atoms in total. The van der Waals surface area contributed by atoms with Crippen molar-refractivity contribution < 1.29 is 19.4 Å². The minimum Gasteiger partial charge on any atom is -0.481 e. The molecule has 1 N–H and O–H groups in total. The van der Waals surface area contributed by atoms with Crippen LogP contribution in [0.2, 0.25) is 0 Å². The van der Waals surface area contributed by atoms with Crippen molar-refractivity contribution in [1.29, 1.82) is 0 Å². The first-order valence-electron chi connectivity index (χ1n) is 5.03. The second-order valence-corrected chi connectivity index (χ2v) is 3.98. The molecule has 5 heteroatoms. The van der Waals surface area contributed by atoms with E-state index < -0.39 is 11.9 Å². The third-order valence-electron chi connectivity index (χ3n) is 3.04. The summed E-state index contributed by atoms with van der Waals surface area (Å²) in [5.74, 6) is -1.45. The molecule has 1 aromatic heterocycles. The van der Waals surface area contributed by atoms with Crippen LogP contribution < -0.4 is 0 Å². The van der Waals surface area contributed by atoms with E-state index in [1.54, 1.807) is 23.7 Å². The fourth-order valence-electron chi connectivity index (χ4n) is 2.00. The van der Waals surface area contributed by atoms with Crippen LogP contribution in [0.15, 0.2) is 12.1 Å². The highest BCUT2D eigenvalue weighted by Gasteiger charge is 2.45. The van der Waals surface area contributed by atoms with E-state index in [4.69, 9.17) is 5.11 Å². The minimum atomic E-state index is -0.772. The molecule has 2 atom stereocenters. The molecular formula is C11H13NO4. The molecule has 0 bridgehead atoms. The minimum absolute atomic E-state index is 0.0286. The molecular weight excluding hydrogens is 210 g/mol. The lowest BCUT2D eigenvalue weighted by molar-refractivity contribution is -0.138. The monoisotopic (exact) mass is 223 g/mol. The molecule has 1 aliphatic rings. The molecule has 16 heavy (non-hydrogen) atoms. The lowest BCUT2D eigenvalue weighted by Crippen LogP contribution is -2.09. The molecule has 1 aromatic rings.